The first kappa shape index (κ1) is 31.0. The number of nitrogens with zero attached hydrogens (tertiary/aromatic N) is 4. The average molecular weight is 607 g/mol. The van der Waals surface area contributed by atoms with Crippen LogP contribution in [-0.2, 0) is 20.5 Å². The molecule has 3 fully saturated rings. The molecule has 0 bridgehead atoms. The van der Waals surface area contributed by atoms with E-state index in [1.807, 2.05) is 35.8 Å². The van der Waals surface area contributed by atoms with Crippen molar-refractivity contribution in [2.45, 2.75) is 50.9 Å². The molecule has 0 spiro atoms. The number of methoxy groups -OCH3 is 1. The third kappa shape index (κ3) is 6.44. The van der Waals surface area contributed by atoms with Crippen molar-refractivity contribution in [3.05, 3.63) is 52.8 Å². The number of rotatable bonds is 7. The van der Waals surface area contributed by atoms with Crippen LogP contribution in [0.15, 0.2) is 30.3 Å². The molecule has 8 nitrogen and oxygen atoms in total. The highest BCUT2D eigenvalue weighted by Crippen LogP contribution is 2.43. The highest BCUT2D eigenvalue weighted by Gasteiger charge is 2.50. The number of ether oxygens (including phenoxy) is 1. The van der Waals surface area contributed by atoms with E-state index < -0.39 is 35.2 Å². The molecule has 1 aromatic carbocycles. The van der Waals surface area contributed by atoms with E-state index in [0.717, 1.165) is 29.2 Å². The van der Waals surface area contributed by atoms with Crippen LogP contribution in [0.25, 0.3) is 0 Å². The number of piperidine rings is 1. The average Bonchev–Trinajstić information content (AvgIpc) is 3.56. The van der Waals surface area contributed by atoms with Gasteiger partial charge in [-0.05, 0) is 56.5 Å². The minimum atomic E-state index is -4.56. The number of carboxylic acid groups (broad SMARTS) is 1. The number of alkyl halides is 4. The van der Waals surface area contributed by atoms with E-state index in [0.29, 0.717) is 43.7 Å². The molecule has 12 heteroatoms. The maximum atomic E-state index is 16.3. The molecule has 3 atom stereocenters. The number of anilines is 2. The number of carbonyl (C=O) groups excluding carboxylic acids is 1. The first-order chi connectivity index (χ1) is 20.3. The third-order valence-electron chi connectivity index (χ3n) is 9.09. The van der Waals surface area contributed by atoms with Gasteiger partial charge in [-0.25, -0.2) is 4.39 Å². The standard InChI is InChI=1S/C31H38F4N4O4/c1-19-12-24(13-20(2)36-19)38-11-8-30(32,18-38)29(42)39-15-22(17-43-3)26(16-39)25-5-4-23(31(33,34)35)14-27(25)37-9-6-21(7-10-37)28(40)41/h4-5,12-14,21-22,26H,6-11,15-18H2,1-3H3,(H,40,41)/t22-,26+,30-/m1/s1. The normalized spacial score (nSPS) is 25.0. The molecular weight excluding hydrogens is 568 g/mol. The zero-order valence-corrected chi connectivity index (χ0v) is 24.7. The van der Waals surface area contributed by atoms with Gasteiger partial charge in [-0.2, -0.15) is 13.2 Å². The third-order valence-corrected chi connectivity index (χ3v) is 9.09. The SMILES string of the molecule is COC[C@H]1CN(C(=O)[C@@]2(F)CCN(c3cc(C)nc(C)c3)C2)C[C@@H]1c1ccc(C(F)(F)F)cc1N1CCC(C(=O)O)CC1. The number of aromatic nitrogens is 1. The first-order valence-corrected chi connectivity index (χ1v) is 14.7. The fourth-order valence-electron chi connectivity index (χ4n) is 6.89. The Kier molecular flexibility index (Phi) is 8.61. The highest BCUT2D eigenvalue weighted by molar-refractivity contribution is 5.87. The molecule has 1 N–H and O–H groups in total. The summed E-state index contributed by atoms with van der Waals surface area (Å²) >= 11 is 0. The van der Waals surface area contributed by atoms with E-state index >= 15 is 4.39 Å². The van der Waals surface area contributed by atoms with Crippen molar-refractivity contribution in [3.63, 3.8) is 0 Å². The summed E-state index contributed by atoms with van der Waals surface area (Å²) in [5.74, 6) is -2.71. The van der Waals surface area contributed by atoms with Crippen molar-refractivity contribution in [1.29, 1.82) is 0 Å². The van der Waals surface area contributed by atoms with E-state index in [1.54, 1.807) is 0 Å². The summed E-state index contributed by atoms with van der Waals surface area (Å²) < 4.78 is 63.1. The molecule has 0 unspecified atom stereocenters. The van der Waals surface area contributed by atoms with E-state index in [9.17, 15) is 27.9 Å². The molecule has 1 amide bonds. The molecule has 43 heavy (non-hydrogen) atoms. The number of hydrogen-bond donors (Lipinski definition) is 1. The molecule has 0 aliphatic carbocycles. The van der Waals surface area contributed by atoms with E-state index in [4.69, 9.17) is 4.74 Å². The van der Waals surface area contributed by atoms with Crippen LogP contribution in [0, 0.1) is 25.7 Å². The highest BCUT2D eigenvalue weighted by atomic mass is 19.4. The number of pyridine rings is 1. The van der Waals surface area contributed by atoms with Gasteiger partial charge in [-0.3, -0.25) is 14.6 Å². The zero-order valence-electron chi connectivity index (χ0n) is 24.7. The van der Waals surface area contributed by atoms with Crippen molar-refractivity contribution in [1.82, 2.24) is 9.88 Å². The largest absolute Gasteiger partial charge is 0.481 e. The quantitative estimate of drug-likeness (QED) is 0.452. The summed E-state index contributed by atoms with van der Waals surface area (Å²) in [5, 5.41) is 9.41. The lowest BCUT2D eigenvalue weighted by atomic mass is 9.86. The molecule has 5 rings (SSSR count). The second kappa shape index (κ2) is 11.9. The molecule has 234 valence electrons. The predicted octanol–water partition coefficient (Wildman–Crippen LogP) is 4.83. The second-order valence-electron chi connectivity index (χ2n) is 12.1. The number of aliphatic carboxylic acids is 1. The van der Waals surface area contributed by atoms with Gasteiger partial charge >= 0.3 is 12.1 Å². The van der Waals surface area contributed by atoms with Gasteiger partial charge in [0.15, 0.2) is 0 Å². The topological polar surface area (TPSA) is 86.2 Å². The lowest BCUT2D eigenvalue weighted by Gasteiger charge is -2.35. The molecule has 4 heterocycles. The fraction of sp³-hybridized carbons (Fsp3) is 0.581. The van der Waals surface area contributed by atoms with Crippen molar-refractivity contribution in [2.24, 2.45) is 11.8 Å². The maximum absolute atomic E-state index is 16.3. The van der Waals surface area contributed by atoms with Crippen LogP contribution in [0.2, 0.25) is 0 Å². The van der Waals surface area contributed by atoms with Gasteiger partial charge in [0.2, 0.25) is 5.67 Å². The lowest BCUT2D eigenvalue weighted by Crippen LogP contribution is -2.47. The van der Waals surface area contributed by atoms with Gasteiger partial charge in [0.05, 0.1) is 24.6 Å². The molecule has 3 saturated heterocycles. The van der Waals surface area contributed by atoms with Gasteiger partial charge < -0.3 is 24.5 Å². The molecular formula is C31H38F4N4O4. The fourth-order valence-corrected chi connectivity index (χ4v) is 6.89. The number of carbonyl (C=O) groups is 2. The first-order valence-electron chi connectivity index (χ1n) is 14.7. The molecule has 3 aliphatic rings. The van der Waals surface area contributed by atoms with Crippen LogP contribution < -0.4 is 9.80 Å². The Morgan fingerprint density at radius 3 is 2.33 bits per heavy atom. The lowest BCUT2D eigenvalue weighted by molar-refractivity contribution is -0.142. The maximum Gasteiger partial charge on any atom is 0.416 e. The summed E-state index contributed by atoms with van der Waals surface area (Å²) in [6.07, 6.45) is -3.89. The zero-order chi connectivity index (χ0) is 31.1. The number of carboxylic acids is 1. The van der Waals surface area contributed by atoms with E-state index in [2.05, 4.69) is 4.98 Å². The number of halogens is 4. The summed E-state index contributed by atoms with van der Waals surface area (Å²) in [7, 11) is 1.52. The Balaban J connectivity index is 1.40. The van der Waals surface area contributed by atoms with Crippen molar-refractivity contribution < 1.29 is 37.0 Å². The minimum Gasteiger partial charge on any atom is -0.481 e. The van der Waals surface area contributed by atoms with Crippen molar-refractivity contribution >= 4 is 23.3 Å². The van der Waals surface area contributed by atoms with Crippen LogP contribution in [0.1, 0.15) is 47.7 Å². The van der Waals surface area contributed by atoms with Gasteiger partial charge in [0.25, 0.3) is 5.91 Å². The van der Waals surface area contributed by atoms with Gasteiger partial charge in [0.1, 0.15) is 0 Å². The summed E-state index contributed by atoms with van der Waals surface area (Å²) in [5.41, 5.74) is 0.543. The Bertz CT molecular complexity index is 1340. The Morgan fingerprint density at radius 1 is 1.05 bits per heavy atom. The Morgan fingerprint density at radius 2 is 1.72 bits per heavy atom. The van der Waals surface area contributed by atoms with Crippen molar-refractivity contribution in [3.8, 4) is 0 Å². The molecule has 3 aliphatic heterocycles. The van der Waals surface area contributed by atoms with E-state index in [1.165, 1.54) is 18.1 Å². The molecule has 0 saturated carbocycles. The van der Waals surface area contributed by atoms with Crippen LogP contribution >= 0.6 is 0 Å². The summed E-state index contributed by atoms with van der Waals surface area (Å²) in [4.78, 5) is 34.8. The van der Waals surface area contributed by atoms with Crippen LogP contribution in [0.5, 0.6) is 0 Å². The number of likely N-dealkylation sites (tertiary alicyclic amines) is 1. The smallest absolute Gasteiger partial charge is 0.416 e. The van der Waals surface area contributed by atoms with Crippen LogP contribution in [0.3, 0.4) is 0 Å². The summed E-state index contributed by atoms with van der Waals surface area (Å²) in [6, 6.07) is 7.36. The van der Waals surface area contributed by atoms with Crippen LogP contribution in [-0.4, -0.2) is 85.5 Å². The molecule has 0 radical (unpaired) electrons. The molecule has 1 aromatic heterocycles. The Hall–Kier alpha value is -3.41. The second-order valence-corrected chi connectivity index (χ2v) is 12.1. The predicted molar refractivity (Wildman–Crippen MR) is 153 cm³/mol. The number of amides is 1. The number of hydrogen-bond acceptors (Lipinski definition) is 6. The Labute approximate surface area is 248 Å². The van der Waals surface area contributed by atoms with E-state index in [-0.39, 0.29) is 44.5 Å². The van der Waals surface area contributed by atoms with Gasteiger partial charge in [-0.15, -0.1) is 0 Å². The summed E-state index contributed by atoms with van der Waals surface area (Å²) in [6.45, 7) is 5.23. The number of benzene rings is 1. The minimum absolute atomic E-state index is 0.0341. The van der Waals surface area contributed by atoms with Gasteiger partial charge in [0, 0.05) is 80.9 Å². The monoisotopic (exact) mass is 606 g/mol. The number of aryl methyl sites for hydroxylation is 2. The van der Waals surface area contributed by atoms with Crippen molar-refractivity contribution in [2.75, 3.05) is 62.8 Å². The van der Waals surface area contributed by atoms with Gasteiger partial charge in [-0.1, -0.05) is 6.07 Å². The molecule has 2 aromatic rings. The van der Waals surface area contributed by atoms with Crippen LogP contribution in [0.4, 0.5) is 28.9 Å².